The van der Waals surface area contributed by atoms with Crippen LogP contribution in [-0.2, 0) is 14.4 Å². The number of carboxylic acid groups (broad SMARTS) is 1. The maximum atomic E-state index is 13.2. The molecule has 0 spiro atoms. The Morgan fingerprint density at radius 3 is 2.39 bits per heavy atom. The van der Waals surface area contributed by atoms with Crippen LogP contribution in [0.5, 0.6) is 0 Å². The number of urea groups is 1. The first kappa shape index (κ1) is 33.1. The van der Waals surface area contributed by atoms with Gasteiger partial charge in [0, 0.05) is 25.7 Å². The van der Waals surface area contributed by atoms with Crippen molar-refractivity contribution in [2.75, 3.05) is 26.2 Å². The molecule has 2 saturated heterocycles. The van der Waals surface area contributed by atoms with Crippen LogP contribution in [0.15, 0.2) is 0 Å². The number of aliphatic carboxylic acids is 1. The van der Waals surface area contributed by atoms with Crippen molar-refractivity contribution >= 4 is 23.8 Å². The van der Waals surface area contributed by atoms with E-state index in [1.165, 1.54) is 11.3 Å². The number of likely N-dealkylation sites (tertiary alicyclic amines) is 2. The first-order valence-corrected chi connectivity index (χ1v) is 15.7. The van der Waals surface area contributed by atoms with Crippen LogP contribution in [0.25, 0.3) is 0 Å². The van der Waals surface area contributed by atoms with E-state index < -0.39 is 35.7 Å². The van der Waals surface area contributed by atoms with Gasteiger partial charge in [-0.1, -0.05) is 59.8 Å². The van der Waals surface area contributed by atoms with Gasteiger partial charge in [0.15, 0.2) is 0 Å². The number of carbonyl (C=O) groups excluding carboxylic acids is 3. The molecule has 1 aliphatic carbocycles. The second kappa shape index (κ2) is 14.7. The van der Waals surface area contributed by atoms with Crippen molar-refractivity contribution in [3.8, 4) is 0 Å². The zero-order valence-corrected chi connectivity index (χ0v) is 25.5. The highest BCUT2D eigenvalue weighted by atomic mass is 16.4. The average Bonchev–Trinajstić information content (AvgIpc) is 3.37. The van der Waals surface area contributed by atoms with Crippen LogP contribution in [0.1, 0.15) is 105 Å². The standard InChI is InChI=1S/C30H53N5O6/c1-5-6-7-8-9-13-21-18-30(21,27(39)40)33-26(38)22-14-12-17-35(22)25(37)19-31-28(41)32-23(29(2,3)4)20-34-16-11-10-15-24(34)36/h21-24,36H,5-20H2,1-4H3,(H,33,38)(H,39,40)(H2,31,32,41)/t21?,22-,23+,24?,30+/m0/s1. The molecule has 2 aliphatic heterocycles. The summed E-state index contributed by atoms with van der Waals surface area (Å²) >= 11 is 0. The Morgan fingerprint density at radius 1 is 1.00 bits per heavy atom. The summed E-state index contributed by atoms with van der Waals surface area (Å²) in [5.74, 6) is -1.89. The molecule has 0 aromatic carbocycles. The maximum absolute atomic E-state index is 13.2. The fourth-order valence-corrected chi connectivity index (χ4v) is 6.21. The summed E-state index contributed by atoms with van der Waals surface area (Å²) in [6.07, 6.45) is 9.97. The number of aliphatic hydroxyl groups excluding tert-OH is 1. The molecule has 0 aromatic heterocycles. The molecule has 5 N–H and O–H groups in total. The van der Waals surface area contributed by atoms with E-state index in [4.69, 9.17) is 0 Å². The lowest BCUT2D eigenvalue weighted by Crippen LogP contribution is -2.57. The predicted molar refractivity (Wildman–Crippen MR) is 156 cm³/mol. The van der Waals surface area contributed by atoms with Gasteiger partial charge in [-0.25, -0.2) is 9.59 Å². The first-order valence-electron chi connectivity index (χ1n) is 15.7. The Morgan fingerprint density at radius 2 is 1.73 bits per heavy atom. The minimum atomic E-state index is -1.23. The average molecular weight is 580 g/mol. The number of amides is 4. The molecular formula is C30H53N5O6. The molecule has 0 bridgehead atoms. The third kappa shape index (κ3) is 9.04. The fraction of sp³-hybridized carbons (Fsp3) is 0.867. The Labute approximate surface area is 245 Å². The first-order chi connectivity index (χ1) is 19.4. The van der Waals surface area contributed by atoms with Gasteiger partial charge in [-0.15, -0.1) is 0 Å². The summed E-state index contributed by atoms with van der Waals surface area (Å²) in [5.41, 5.74) is -1.51. The van der Waals surface area contributed by atoms with E-state index in [0.29, 0.717) is 32.4 Å². The number of carboxylic acids is 1. The van der Waals surface area contributed by atoms with Crippen molar-refractivity contribution in [2.24, 2.45) is 11.3 Å². The number of rotatable bonds is 14. The van der Waals surface area contributed by atoms with Gasteiger partial charge in [-0.2, -0.15) is 0 Å². The minimum absolute atomic E-state index is 0.0803. The molecule has 11 heteroatoms. The molecule has 3 aliphatic rings. The molecule has 0 aromatic rings. The Kier molecular flexibility index (Phi) is 11.8. The van der Waals surface area contributed by atoms with E-state index in [0.717, 1.165) is 57.9 Å². The van der Waals surface area contributed by atoms with Gasteiger partial charge in [0.2, 0.25) is 11.8 Å². The number of aliphatic hydroxyl groups is 1. The SMILES string of the molecule is CCCCCCCC1C[C@]1(NC(=O)[C@@H]1CCCN1C(=O)CNC(=O)N[C@H](CN1CCCCC1O)C(C)(C)C)C(=O)O. The van der Waals surface area contributed by atoms with Gasteiger partial charge in [-0.05, 0) is 56.3 Å². The zero-order valence-electron chi connectivity index (χ0n) is 25.5. The van der Waals surface area contributed by atoms with Gasteiger partial charge in [0.25, 0.3) is 0 Å². The molecule has 2 unspecified atom stereocenters. The number of unbranched alkanes of at least 4 members (excludes halogenated alkanes) is 4. The van der Waals surface area contributed by atoms with E-state index in [2.05, 4.69) is 22.9 Å². The molecule has 5 atom stereocenters. The van der Waals surface area contributed by atoms with E-state index in [-0.39, 0.29) is 29.8 Å². The second-order valence-electron chi connectivity index (χ2n) is 13.3. The normalized spacial score (nSPS) is 27.2. The van der Waals surface area contributed by atoms with Crippen molar-refractivity contribution in [2.45, 2.75) is 129 Å². The van der Waals surface area contributed by atoms with Crippen LogP contribution in [0.4, 0.5) is 4.79 Å². The molecule has 4 amide bonds. The lowest BCUT2D eigenvalue weighted by Gasteiger charge is -2.39. The molecule has 234 valence electrons. The van der Waals surface area contributed by atoms with Crippen molar-refractivity contribution in [3.63, 3.8) is 0 Å². The van der Waals surface area contributed by atoms with Crippen molar-refractivity contribution in [1.29, 1.82) is 0 Å². The van der Waals surface area contributed by atoms with Gasteiger partial charge in [-0.3, -0.25) is 14.5 Å². The Bertz CT molecular complexity index is 924. The molecule has 11 nitrogen and oxygen atoms in total. The third-order valence-electron chi connectivity index (χ3n) is 9.11. The van der Waals surface area contributed by atoms with Gasteiger partial charge >= 0.3 is 12.0 Å². The van der Waals surface area contributed by atoms with Gasteiger partial charge < -0.3 is 31.1 Å². The largest absolute Gasteiger partial charge is 0.479 e. The molecule has 41 heavy (non-hydrogen) atoms. The topological polar surface area (TPSA) is 151 Å². The molecular weight excluding hydrogens is 526 g/mol. The van der Waals surface area contributed by atoms with Gasteiger partial charge in [0.05, 0.1) is 6.54 Å². The number of nitrogens with one attached hydrogen (secondary N) is 3. The molecule has 2 heterocycles. The predicted octanol–water partition coefficient (Wildman–Crippen LogP) is 2.82. The number of hydrogen-bond acceptors (Lipinski definition) is 6. The monoisotopic (exact) mass is 579 g/mol. The van der Waals surface area contributed by atoms with Gasteiger partial charge in [0.1, 0.15) is 17.8 Å². The van der Waals surface area contributed by atoms with E-state index >= 15 is 0 Å². The maximum Gasteiger partial charge on any atom is 0.329 e. The molecule has 3 fully saturated rings. The van der Waals surface area contributed by atoms with Crippen LogP contribution < -0.4 is 16.0 Å². The number of hydrogen-bond donors (Lipinski definition) is 5. The van der Waals surface area contributed by atoms with Crippen LogP contribution in [0, 0.1) is 11.3 Å². The summed E-state index contributed by atoms with van der Waals surface area (Å²) in [6.45, 7) is 9.62. The molecule has 3 rings (SSSR count). The van der Waals surface area contributed by atoms with Crippen molar-refractivity contribution in [1.82, 2.24) is 25.8 Å². The van der Waals surface area contributed by atoms with E-state index in [9.17, 15) is 29.4 Å². The summed E-state index contributed by atoms with van der Waals surface area (Å²) < 4.78 is 0. The number of carbonyl (C=O) groups is 4. The Hall–Kier alpha value is -2.40. The summed E-state index contributed by atoms with van der Waals surface area (Å²) in [4.78, 5) is 54.6. The lowest BCUT2D eigenvalue weighted by molar-refractivity contribution is -0.145. The number of piperidine rings is 1. The van der Waals surface area contributed by atoms with Crippen LogP contribution in [0.2, 0.25) is 0 Å². The fourth-order valence-electron chi connectivity index (χ4n) is 6.21. The second-order valence-corrected chi connectivity index (χ2v) is 13.3. The van der Waals surface area contributed by atoms with Crippen LogP contribution in [0.3, 0.4) is 0 Å². The quantitative estimate of drug-likeness (QED) is 0.199. The molecule has 1 saturated carbocycles. The highest BCUT2D eigenvalue weighted by molar-refractivity contribution is 5.95. The number of nitrogens with zero attached hydrogens (tertiary/aromatic N) is 2. The Balaban J connectivity index is 1.49. The minimum Gasteiger partial charge on any atom is -0.479 e. The smallest absolute Gasteiger partial charge is 0.329 e. The summed E-state index contributed by atoms with van der Waals surface area (Å²) in [5, 5.41) is 28.7. The summed E-state index contributed by atoms with van der Waals surface area (Å²) in [7, 11) is 0. The van der Waals surface area contributed by atoms with Crippen LogP contribution >= 0.6 is 0 Å². The molecule has 0 radical (unpaired) electrons. The third-order valence-corrected chi connectivity index (χ3v) is 9.11. The van der Waals surface area contributed by atoms with Crippen molar-refractivity contribution < 1.29 is 29.4 Å². The van der Waals surface area contributed by atoms with E-state index in [1.54, 1.807) is 0 Å². The van der Waals surface area contributed by atoms with Crippen molar-refractivity contribution in [3.05, 3.63) is 0 Å². The highest BCUT2D eigenvalue weighted by Gasteiger charge is 2.61. The lowest BCUT2D eigenvalue weighted by atomic mass is 9.86. The highest BCUT2D eigenvalue weighted by Crippen LogP contribution is 2.47. The zero-order chi connectivity index (χ0) is 30.2. The summed E-state index contributed by atoms with van der Waals surface area (Å²) in [6, 6.07) is -1.46. The van der Waals surface area contributed by atoms with E-state index in [1.807, 2.05) is 25.7 Å². The van der Waals surface area contributed by atoms with Crippen LogP contribution in [-0.4, -0.2) is 93.9 Å².